The average Bonchev–Trinajstić information content (AvgIpc) is 3.42. The number of rotatable bonds is 4. The van der Waals surface area contributed by atoms with Gasteiger partial charge in [0.1, 0.15) is 5.82 Å². The van der Waals surface area contributed by atoms with Crippen molar-refractivity contribution in [3.05, 3.63) is 59.3 Å². The molecule has 0 spiro atoms. The molecule has 1 amide bonds. The molecule has 172 valence electrons. The number of aromatic nitrogens is 3. The van der Waals surface area contributed by atoms with Gasteiger partial charge in [0.15, 0.2) is 0 Å². The number of hydrogen-bond acceptors (Lipinski definition) is 5. The Kier molecular flexibility index (Phi) is 4.94. The van der Waals surface area contributed by atoms with Crippen LogP contribution in [0.2, 0.25) is 0 Å². The van der Waals surface area contributed by atoms with E-state index < -0.39 is 5.82 Å². The number of nitrogens with zero attached hydrogens (tertiary/aromatic N) is 6. The van der Waals surface area contributed by atoms with Gasteiger partial charge in [-0.1, -0.05) is 0 Å². The lowest BCUT2D eigenvalue weighted by molar-refractivity contribution is -0.147. The maximum Gasteiger partial charge on any atom is 0.246 e. The summed E-state index contributed by atoms with van der Waals surface area (Å²) in [7, 11) is 0. The Labute approximate surface area is 196 Å². The molecule has 1 aromatic carbocycles. The third-order valence-electron chi connectivity index (χ3n) is 7.96. The molecular weight excluding hydrogens is 431 g/mol. The second-order valence-electron chi connectivity index (χ2n) is 9.87. The molecule has 34 heavy (non-hydrogen) atoms. The van der Waals surface area contributed by atoms with E-state index in [1.54, 1.807) is 17.4 Å². The van der Waals surface area contributed by atoms with E-state index in [1.165, 1.54) is 12.3 Å². The lowest BCUT2D eigenvalue weighted by atomic mass is 9.55. The SMILES string of the molecule is Cc1nn(CC2CC(C(=O)N3N=CCC3c3cncc(F)c3)C3CC2C3)c2ccc(C#N)cc12. The van der Waals surface area contributed by atoms with Gasteiger partial charge in [-0.05, 0) is 73.8 Å². The Bertz CT molecular complexity index is 1350. The molecule has 3 fully saturated rings. The van der Waals surface area contributed by atoms with Gasteiger partial charge in [0.25, 0.3) is 0 Å². The van der Waals surface area contributed by atoms with E-state index in [0.717, 1.165) is 42.4 Å². The minimum absolute atomic E-state index is 0.0383. The van der Waals surface area contributed by atoms with Crippen LogP contribution in [0.3, 0.4) is 0 Å². The number of amides is 1. The molecule has 1 aliphatic heterocycles. The maximum atomic E-state index is 13.8. The normalized spacial score (nSPS) is 27.6. The highest BCUT2D eigenvalue weighted by Gasteiger charge is 2.50. The van der Waals surface area contributed by atoms with Crippen molar-refractivity contribution in [1.29, 1.82) is 5.26 Å². The molecule has 3 aromatic rings. The van der Waals surface area contributed by atoms with Crippen LogP contribution < -0.4 is 0 Å². The van der Waals surface area contributed by atoms with E-state index in [-0.39, 0.29) is 17.9 Å². The van der Waals surface area contributed by atoms with Gasteiger partial charge in [-0.2, -0.15) is 15.5 Å². The highest BCUT2D eigenvalue weighted by molar-refractivity contribution is 5.84. The molecule has 7 rings (SSSR count). The fourth-order valence-electron chi connectivity index (χ4n) is 6.11. The highest BCUT2D eigenvalue weighted by atomic mass is 19.1. The quantitative estimate of drug-likeness (QED) is 0.583. The molecule has 2 aromatic heterocycles. The van der Waals surface area contributed by atoms with Crippen LogP contribution in [-0.4, -0.2) is 31.9 Å². The van der Waals surface area contributed by atoms with Crippen molar-refractivity contribution in [2.24, 2.45) is 28.8 Å². The van der Waals surface area contributed by atoms with Crippen LogP contribution in [0.1, 0.15) is 48.5 Å². The number of pyridine rings is 1. The van der Waals surface area contributed by atoms with Crippen molar-refractivity contribution in [2.75, 3.05) is 0 Å². The highest BCUT2D eigenvalue weighted by Crippen LogP contribution is 2.53. The van der Waals surface area contributed by atoms with E-state index in [4.69, 9.17) is 5.10 Å². The standard InChI is InChI=1S/C26H25FN6O/c1-15-22-6-16(11-28)2-3-25(22)32(31-15)14-20-10-23(18-7-17(20)8-18)26(34)33-24(4-5-30-33)19-9-21(27)13-29-12-19/h2-3,5-6,9,12-13,17-18,20,23-24H,4,7-8,10,14H2,1H3. The number of carbonyl (C=O) groups excluding carboxylic acids is 1. The fraction of sp³-hybridized carbons (Fsp3) is 0.423. The van der Waals surface area contributed by atoms with E-state index in [1.807, 2.05) is 29.8 Å². The number of aryl methyl sites for hydroxylation is 1. The molecule has 3 atom stereocenters. The smallest absolute Gasteiger partial charge is 0.246 e. The van der Waals surface area contributed by atoms with Gasteiger partial charge in [-0.25, -0.2) is 9.40 Å². The maximum absolute atomic E-state index is 13.8. The van der Waals surface area contributed by atoms with E-state index in [2.05, 4.69) is 16.2 Å². The summed E-state index contributed by atoms with van der Waals surface area (Å²) in [5, 5.41) is 20.9. The molecule has 8 heteroatoms. The summed E-state index contributed by atoms with van der Waals surface area (Å²) >= 11 is 0. The molecular formula is C26H25FN6O. The van der Waals surface area contributed by atoms with Gasteiger partial charge in [-0.15, -0.1) is 0 Å². The molecule has 0 N–H and O–H groups in total. The van der Waals surface area contributed by atoms with Gasteiger partial charge in [0, 0.05) is 36.7 Å². The van der Waals surface area contributed by atoms with Crippen molar-refractivity contribution in [2.45, 2.75) is 45.2 Å². The summed E-state index contributed by atoms with van der Waals surface area (Å²) in [5.74, 6) is 0.916. The molecule has 0 radical (unpaired) electrons. The van der Waals surface area contributed by atoms with Crippen LogP contribution in [0.5, 0.6) is 0 Å². The van der Waals surface area contributed by atoms with Crippen LogP contribution in [-0.2, 0) is 11.3 Å². The summed E-state index contributed by atoms with van der Waals surface area (Å²) in [4.78, 5) is 17.6. The van der Waals surface area contributed by atoms with Crippen molar-refractivity contribution in [3.63, 3.8) is 0 Å². The number of benzene rings is 1. The summed E-state index contributed by atoms with van der Waals surface area (Å²) in [5.41, 5.74) is 3.26. The number of hydrazone groups is 1. The lowest BCUT2D eigenvalue weighted by Gasteiger charge is -2.51. The zero-order valence-corrected chi connectivity index (χ0v) is 18.9. The number of halogens is 1. The predicted octanol–water partition coefficient (Wildman–Crippen LogP) is 4.37. The summed E-state index contributed by atoms with van der Waals surface area (Å²) in [6.45, 7) is 2.73. The predicted molar refractivity (Wildman–Crippen MR) is 124 cm³/mol. The van der Waals surface area contributed by atoms with Crippen LogP contribution in [0.15, 0.2) is 41.8 Å². The van der Waals surface area contributed by atoms with E-state index in [9.17, 15) is 14.4 Å². The van der Waals surface area contributed by atoms with Crippen molar-refractivity contribution < 1.29 is 9.18 Å². The fourth-order valence-corrected chi connectivity index (χ4v) is 6.11. The second kappa shape index (κ2) is 8.01. The molecule has 2 bridgehead atoms. The molecule has 3 heterocycles. The lowest BCUT2D eigenvalue weighted by Crippen LogP contribution is -2.49. The first-order valence-corrected chi connectivity index (χ1v) is 11.8. The largest absolute Gasteiger partial charge is 0.273 e. The number of nitriles is 1. The minimum atomic E-state index is -0.403. The van der Waals surface area contributed by atoms with Crippen LogP contribution in [0.25, 0.3) is 10.9 Å². The summed E-state index contributed by atoms with van der Waals surface area (Å²) < 4.78 is 15.8. The molecule has 0 saturated heterocycles. The topological polar surface area (TPSA) is 87.2 Å². The zero-order chi connectivity index (χ0) is 23.4. The molecule has 3 saturated carbocycles. The summed E-state index contributed by atoms with van der Waals surface area (Å²) in [6, 6.07) is 9.05. The average molecular weight is 457 g/mol. The third kappa shape index (κ3) is 3.38. The van der Waals surface area contributed by atoms with Crippen LogP contribution in [0.4, 0.5) is 4.39 Å². The Morgan fingerprint density at radius 1 is 1.21 bits per heavy atom. The van der Waals surface area contributed by atoms with Crippen molar-refractivity contribution in [1.82, 2.24) is 19.8 Å². The van der Waals surface area contributed by atoms with Crippen molar-refractivity contribution in [3.8, 4) is 6.07 Å². The van der Waals surface area contributed by atoms with Crippen LogP contribution in [0, 0.1) is 47.7 Å². The third-order valence-corrected chi connectivity index (χ3v) is 7.96. The molecule has 3 aliphatic carbocycles. The Hall–Kier alpha value is -3.60. The van der Waals surface area contributed by atoms with Crippen molar-refractivity contribution >= 4 is 23.0 Å². The second-order valence-corrected chi connectivity index (χ2v) is 9.87. The first-order chi connectivity index (χ1) is 16.5. The number of carbonyl (C=O) groups is 1. The van der Waals surface area contributed by atoms with E-state index in [0.29, 0.717) is 35.3 Å². The van der Waals surface area contributed by atoms with Gasteiger partial charge in [0.2, 0.25) is 5.91 Å². The Morgan fingerprint density at radius 3 is 2.85 bits per heavy atom. The molecule has 3 unspecified atom stereocenters. The zero-order valence-electron chi connectivity index (χ0n) is 18.9. The van der Waals surface area contributed by atoms with Gasteiger partial charge >= 0.3 is 0 Å². The Balaban J connectivity index is 1.22. The van der Waals surface area contributed by atoms with Gasteiger partial charge in [-0.3, -0.25) is 14.5 Å². The summed E-state index contributed by atoms with van der Waals surface area (Å²) in [6.07, 6.45) is 8.03. The minimum Gasteiger partial charge on any atom is -0.273 e. The van der Waals surface area contributed by atoms with Gasteiger partial charge in [0.05, 0.1) is 35.1 Å². The monoisotopic (exact) mass is 456 g/mol. The van der Waals surface area contributed by atoms with Gasteiger partial charge < -0.3 is 0 Å². The first-order valence-electron chi connectivity index (χ1n) is 11.8. The molecule has 7 nitrogen and oxygen atoms in total. The van der Waals surface area contributed by atoms with Crippen LogP contribution >= 0.6 is 0 Å². The number of fused-ring (bicyclic) bond motifs is 3. The Morgan fingerprint density at radius 2 is 2.06 bits per heavy atom. The first kappa shape index (κ1) is 21.0. The number of hydrogen-bond donors (Lipinski definition) is 0. The molecule has 4 aliphatic rings. The van der Waals surface area contributed by atoms with E-state index >= 15 is 0 Å².